The van der Waals surface area contributed by atoms with Crippen molar-refractivity contribution in [1.29, 1.82) is 0 Å². The van der Waals surface area contributed by atoms with E-state index in [1.54, 1.807) is 26.1 Å². The molecule has 0 unspecified atom stereocenters. The van der Waals surface area contributed by atoms with Crippen molar-refractivity contribution in [3.05, 3.63) is 41.1 Å². The number of hydrogen-bond acceptors (Lipinski definition) is 4. The van der Waals surface area contributed by atoms with E-state index in [-0.39, 0.29) is 23.5 Å². The van der Waals surface area contributed by atoms with E-state index in [2.05, 4.69) is 4.90 Å². The molecule has 2 aliphatic rings. The van der Waals surface area contributed by atoms with Crippen LogP contribution in [-0.4, -0.2) is 52.8 Å². The van der Waals surface area contributed by atoms with Crippen molar-refractivity contribution in [3.63, 3.8) is 0 Å². The second-order valence-electron chi connectivity index (χ2n) is 7.88. The Balaban J connectivity index is 1.73. The summed E-state index contributed by atoms with van der Waals surface area (Å²) in [5.41, 5.74) is 1.76. The van der Waals surface area contributed by atoms with E-state index in [0.29, 0.717) is 25.2 Å². The van der Waals surface area contributed by atoms with Crippen molar-refractivity contribution in [2.45, 2.75) is 45.6 Å². The van der Waals surface area contributed by atoms with Crippen LogP contribution in [0.3, 0.4) is 0 Å². The number of hydrogen-bond donors (Lipinski definition) is 1. The van der Waals surface area contributed by atoms with E-state index in [9.17, 15) is 18.7 Å². The minimum absolute atomic E-state index is 0.00614. The number of halogens is 2. The van der Waals surface area contributed by atoms with Gasteiger partial charge in [0.15, 0.2) is 5.78 Å². The average Bonchev–Trinajstić information content (AvgIpc) is 3.13. The zero-order valence-electron chi connectivity index (χ0n) is 16.0. The topological polar surface area (TPSA) is 43.8 Å². The summed E-state index contributed by atoms with van der Waals surface area (Å²) in [6.45, 7) is 6.39. The second-order valence-corrected chi connectivity index (χ2v) is 7.88. The summed E-state index contributed by atoms with van der Waals surface area (Å²) < 4.78 is 27.4. The number of aryl methyl sites for hydroxylation is 1. The molecule has 0 aromatic heterocycles. The molecule has 2 saturated heterocycles. The molecule has 0 spiro atoms. The fourth-order valence-corrected chi connectivity index (χ4v) is 3.85. The Bertz CT molecular complexity index is 727. The van der Waals surface area contributed by atoms with Gasteiger partial charge in [-0.15, -0.1) is 0 Å². The zero-order chi connectivity index (χ0) is 19.6. The van der Waals surface area contributed by atoms with Crippen molar-refractivity contribution in [3.8, 4) is 5.75 Å². The Hall–Kier alpha value is -1.95. The van der Waals surface area contributed by atoms with E-state index in [4.69, 9.17) is 0 Å². The highest BCUT2D eigenvalue weighted by atomic mass is 19.3. The maximum Gasteiger partial charge on any atom is 0.253 e. The first-order chi connectivity index (χ1) is 12.8. The lowest BCUT2D eigenvalue weighted by Crippen LogP contribution is -2.45. The van der Waals surface area contributed by atoms with Crippen LogP contribution >= 0.6 is 0 Å². The molecule has 27 heavy (non-hydrogen) atoms. The van der Waals surface area contributed by atoms with Crippen LogP contribution in [-0.2, 0) is 6.54 Å². The number of nitrogens with zero attached hydrogens (tertiary/aromatic N) is 2. The molecule has 0 amide bonds. The number of benzene rings is 1. The largest absolute Gasteiger partial charge is 0.507 e. The Morgan fingerprint density at radius 3 is 2.67 bits per heavy atom. The molecule has 0 aliphatic carbocycles. The molecule has 1 N–H and O–H groups in total. The fourth-order valence-electron chi connectivity index (χ4n) is 3.85. The van der Waals surface area contributed by atoms with Gasteiger partial charge in [-0.05, 0) is 37.0 Å². The van der Waals surface area contributed by atoms with Crippen molar-refractivity contribution in [2.24, 2.45) is 5.92 Å². The molecule has 3 rings (SSSR count). The van der Waals surface area contributed by atoms with Crippen molar-refractivity contribution >= 4 is 5.78 Å². The molecule has 1 aromatic carbocycles. The van der Waals surface area contributed by atoms with E-state index in [1.807, 2.05) is 11.0 Å². The van der Waals surface area contributed by atoms with Gasteiger partial charge in [-0.2, -0.15) is 0 Å². The number of carbonyl (C=O) groups excluding carboxylic acids is 1. The minimum Gasteiger partial charge on any atom is -0.507 e. The lowest BCUT2D eigenvalue weighted by Gasteiger charge is -2.36. The Kier molecular flexibility index (Phi) is 5.84. The van der Waals surface area contributed by atoms with Crippen LogP contribution in [0.2, 0.25) is 0 Å². The number of phenolic OH excluding ortho intramolecular Hbond substituents is 1. The third kappa shape index (κ3) is 4.67. The van der Waals surface area contributed by atoms with Crippen molar-refractivity contribution < 1.29 is 18.7 Å². The standard InChI is InChI=1S/C21H28F2N2O2/c1-15-11-17(14-25-10-6-21(22,23)16(2)13-25)12-18(20(15)27)19(26)5-9-24-7-3-4-8-24/h5,9,11-12,16,27H,3-4,6-8,10,13-14H2,1-2H3/t16-/m1/s1. The van der Waals surface area contributed by atoms with Crippen LogP contribution in [0.25, 0.3) is 0 Å². The van der Waals surface area contributed by atoms with Gasteiger partial charge in [0, 0.05) is 57.3 Å². The molecule has 1 atom stereocenters. The highest BCUT2D eigenvalue weighted by Crippen LogP contribution is 2.34. The first-order valence-electron chi connectivity index (χ1n) is 9.65. The number of piperidine rings is 1. The highest BCUT2D eigenvalue weighted by molar-refractivity contribution is 6.06. The molecule has 6 heteroatoms. The summed E-state index contributed by atoms with van der Waals surface area (Å²) in [6, 6.07) is 3.52. The number of ketones is 1. The number of aromatic hydroxyl groups is 1. The van der Waals surface area contributed by atoms with Gasteiger partial charge in [-0.25, -0.2) is 8.78 Å². The van der Waals surface area contributed by atoms with E-state index < -0.39 is 11.8 Å². The second kappa shape index (κ2) is 7.97. The molecular formula is C21H28F2N2O2. The summed E-state index contributed by atoms with van der Waals surface area (Å²) in [7, 11) is 0. The lowest BCUT2D eigenvalue weighted by atomic mass is 9.94. The first-order valence-corrected chi connectivity index (χ1v) is 9.65. The number of phenols is 1. The quantitative estimate of drug-likeness (QED) is 0.622. The SMILES string of the molecule is Cc1cc(CN2CCC(F)(F)[C@H](C)C2)cc(C(=O)C=CN2CCCC2)c1O. The van der Waals surface area contributed by atoms with Gasteiger partial charge in [-0.1, -0.05) is 13.0 Å². The molecule has 2 fully saturated rings. The number of rotatable bonds is 5. The molecule has 2 heterocycles. The molecule has 2 aliphatic heterocycles. The minimum atomic E-state index is -2.61. The van der Waals surface area contributed by atoms with Crippen molar-refractivity contribution in [2.75, 3.05) is 26.2 Å². The van der Waals surface area contributed by atoms with E-state index >= 15 is 0 Å². The first kappa shape index (κ1) is 19.8. The third-order valence-corrected chi connectivity index (χ3v) is 5.62. The highest BCUT2D eigenvalue weighted by Gasteiger charge is 2.40. The summed E-state index contributed by atoms with van der Waals surface area (Å²) in [6.07, 6.45) is 5.42. The number of likely N-dealkylation sites (tertiary alicyclic amines) is 2. The molecule has 4 nitrogen and oxygen atoms in total. The van der Waals surface area contributed by atoms with Crippen molar-refractivity contribution in [1.82, 2.24) is 9.80 Å². The molecule has 0 bridgehead atoms. The normalized spacial score (nSPS) is 23.3. The van der Waals surface area contributed by atoms with E-state index in [1.165, 1.54) is 6.08 Å². The predicted molar refractivity (Wildman–Crippen MR) is 101 cm³/mol. The Morgan fingerprint density at radius 1 is 1.30 bits per heavy atom. The summed E-state index contributed by atoms with van der Waals surface area (Å²) in [4.78, 5) is 16.7. The third-order valence-electron chi connectivity index (χ3n) is 5.62. The Labute approximate surface area is 159 Å². The van der Waals surface area contributed by atoms with Crippen LogP contribution in [0.15, 0.2) is 24.4 Å². The summed E-state index contributed by atoms with van der Waals surface area (Å²) in [5.74, 6) is -3.53. The predicted octanol–water partition coefficient (Wildman–Crippen LogP) is 3.97. The van der Waals surface area contributed by atoms with Gasteiger partial charge in [0.2, 0.25) is 0 Å². The fraction of sp³-hybridized carbons (Fsp3) is 0.571. The van der Waals surface area contributed by atoms with Crippen LogP contribution in [0, 0.1) is 12.8 Å². The monoisotopic (exact) mass is 378 g/mol. The number of allylic oxidation sites excluding steroid dienone is 1. The molecule has 148 valence electrons. The average molecular weight is 378 g/mol. The molecule has 1 aromatic rings. The molecule has 0 saturated carbocycles. The number of carbonyl (C=O) groups is 1. The van der Waals surface area contributed by atoms with Crippen LogP contribution in [0.4, 0.5) is 8.78 Å². The smallest absolute Gasteiger partial charge is 0.253 e. The van der Waals surface area contributed by atoms with Gasteiger partial charge in [0.25, 0.3) is 5.92 Å². The number of alkyl halides is 2. The molecule has 0 radical (unpaired) electrons. The maximum atomic E-state index is 13.7. The summed E-state index contributed by atoms with van der Waals surface area (Å²) in [5, 5.41) is 10.3. The van der Waals surface area contributed by atoms with Gasteiger partial charge in [0.05, 0.1) is 5.56 Å². The van der Waals surface area contributed by atoms with Gasteiger partial charge in [-0.3, -0.25) is 9.69 Å². The zero-order valence-corrected chi connectivity index (χ0v) is 16.0. The lowest BCUT2D eigenvalue weighted by molar-refractivity contribution is -0.100. The van der Waals surface area contributed by atoms with Gasteiger partial charge < -0.3 is 10.0 Å². The van der Waals surface area contributed by atoms with Crippen LogP contribution < -0.4 is 0 Å². The Morgan fingerprint density at radius 2 is 2.00 bits per heavy atom. The molecular weight excluding hydrogens is 350 g/mol. The summed E-state index contributed by atoms with van der Waals surface area (Å²) >= 11 is 0. The van der Waals surface area contributed by atoms with E-state index in [0.717, 1.165) is 31.5 Å². The maximum absolute atomic E-state index is 13.7. The van der Waals surface area contributed by atoms with Gasteiger partial charge in [0.1, 0.15) is 5.75 Å². The van der Waals surface area contributed by atoms with Crippen LogP contribution in [0.1, 0.15) is 47.7 Å². The van der Waals surface area contributed by atoms with Gasteiger partial charge >= 0.3 is 0 Å². The van der Waals surface area contributed by atoms with Crippen LogP contribution in [0.5, 0.6) is 5.75 Å².